The van der Waals surface area contributed by atoms with Gasteiger partial charge in [-0.2, -0.15) is 0 Å². The quantitative estimate of drug-likeness (QED) is 0.881. The second-order valence-corrected chi connectivity index (χ2v) is 6.21. The van der Waals surface area contributed by atoms with Gasteiger partial charge in [-0.1, -0.05) is 13.3 Å². The summed E-state index contributed by atoms with van der Waals surface area (Å²) in [6.07, 6.45) is 4.88. The molecule has 1 atom stereocenters. The Labute approximate surface area is 130 Å². The Balaban J connectivity index is 2.03. The summed E-state index contributed by atoms with van der Waals surface area (Å²) in [5.74, 6) is 0.164. The molecular weight excluding hydrogens is 278 g/mol. The summed E-state index contributed by atoms with van der Waals surface area (Å²) in [7, 11) is 0. The smallest absolute Gasteiger partial charge is 0.336 e. The van der Waals surface area contributed by atoms with E-state index in [4.69, 9.17) is 4.42 Å². The Kier molecular flexibility index (Phi) is 4.21. The average Bonchev–Trinajstić information content (AvgIpc) is 2.52. The highest BCUT2D eigenvalue weighted by Crippen LogP contribution is 2.29. The van der Waals surface area contributed by atoms with Crippen molar-refractivity contribution in [2.24, 2.45) is 0 Å². The number of aryl methyl sites for hydroxylation is 1. The lowest BCUT2D eigenvalue weighted by Gasteiger charge is -2.35. The first-order chi connectivity index (χ1) is 10.6. The molecule has 3 rings (SSSR count). The molecule has 1 aliphatic rings. The normalized spacial score (nSPS) is 19.6. The molecule has 22 heavy (non-hydrogen) atoms. The van der Waals surface area contributed by atoms with Crippen LogP contribution in [0.15, 0.2) is 27.4 Å². The number of fused-ring (bicyclic) bond motifs is 1. The molecule has 4 nitrogen and oxygen atoms in total. The van der Waals surface area contributed by atoms with Gasteiger partial charge in [0.05, 0.1) is 0 Å². The van der Waals surface area contributed by atoms with Crippen LogP contribution in [0.25, 0.3) is 11.0 Å². The SMILES string of the molecule is CC[C@@H]1CCCCN1Cc1cc(=O)oc2c(C)c(O)ccc12. The molecule has 1 fully saturated rings. The number of aromatic hydroxyl groups is 1. The summed E-state index contributed by atoms with van der Waals surface area (Å²) < 4.78 is 5.32. The van der Waals surface area contributed by atoms with Gasteiger partial charge in [0.2, 0.25) is 0 Å². The molecule has 2 aromatic rings. The van der Waals surface area contributed by atoms with Crippen molar-refractivity contribution in [3.63, 3.8) is 0 Å². The van der Waals surface area contributed by atoms with Gasteiger partial charge in [0, 0.05) is 29.6 Å². The zero-order chi connectivity index (χ0) is 15.7. The van der Waals surface area contributed by atoms with Gasteiger partial charge in [-0.25, -0.2) is 4.79 Å². The third-order valence-electron chi connectivity index (χ3n) is 4.81. The summed E-state index contributed by atoms with van der Waals surface area (Å²) in [5.41, 5.74) is 1.78. The van der Waals surface area contributed by atoms with Gasteiger partial charge in [-0.15, -0.1) is 0 Å². The minimum absolute atomic E-state index is 0.164. The summed E-state index contributed by atoms with van der Waals surface area (Å²) >= 11 is 0. The van der Waals surface area contributed by atoms with Crippen LogP contribution in [0.5, 0.6) is 5.75 Å². The van der Waals surface area contributed by atoms with Crippen LogP contribution in [0.4, 0.5) is 0 Å². The minimum atomic E-state index is -0.346. The van der Waals surface area contributed by atoms with E-state index in [1.807, 2.05) is 6.07 Å². The van der Waals surface area contributed by atoms with E-state index in [1.165, 1.54) is 19.3 Å². The molecule has 118 valence electrons. The molecule has 1 saturated heterocycles. The molecule has 1 aromatic heterocycles. The number of likely N-dealkylation sites (tertiary alicyclic amines) is 1. The van der Waals surface area contributed by atoms with Crippen LogP contribution in [0.1, 0.15) is 43.7 Å². The van der Waals surface area contributed by atoms with E-state index in [-0.39, 0.29) is 11.4 Å². The molecule has 0 aliphatic carbocycles. The third kappa shape index (κ3) is 2.75. The third-order valence-corrected chi connectivity index (χ3v) is 4.81. The molecule has 0 spiro atoms. The Bertz CT molecular complexity index is 735. The molecule has 2 heterocycles. The number of benzene rings is 1. The van der Waals surface area contributed by atoms with Gasteiger partial charge < -0.3 is 9.52 Å². The minimum Gasteiger partial charge on any atom is -0.508 e. The van der Waals surface area contributed by atoms with Crippen molar-refractivity contribution in [3.05, 3.63) is 39.7 Å². The average molecular weight is 301 g/mol. The number of hydrogen-bond donors (Lipinski definition) is 1. The summed E-state index contributed by atoms with van der Waals surface area (Å²) in [4.78, 5) is 14.4. The standard InChI is InChI=1S/C18H23NO3/c1-3-14-6-4-5-9-19(14)11-13-10-17(21)22-18-12(2)16(20)8-7-15(13)18/h7-8,10,14,20H,3-6,9,11H2,1-2H3/t14-/m1/s1. The van der Waals surface area contributed by atoms with Gasteiger partial charge in [-0.05, 0) is 50.4 Å². The van der Waals surface area contributed by atoms with Crippen LogP contribution >= 0.6 is 0 Å². The van der Waals surface area contributed by atoms with Gasteiger partial charge in [0.15, 0.2) is 0 Å². The first kappa shape index (κ1) is 15.1. The van der Waals surface area contributed by atoms with Gasteiger partial charge in [0.25, 0.3) is 0 Å². The monoisotopic (exact) mass is 301 g/mol. The number of hydrogen-bond acceptors (Lipinski definition) is 4. The molecule has 1 aromatic carbocycles. The topological polar surface area (TPSA) is 53.7 Å². The Morgan fingerprint density at radius 1 is 1.36 bits per heavy atom. The van der Waals surface area contributed by atoms with E-state index >= 15 is 0 Å². The predicted octanol–water partition coefficient (Wildman–Crippen LogP) is 3.57. The second-order valence-electron chi connectivity index (χ2n) is 6.21. The van der Waals surface area contributed by atoms with E-state index in [0.29, 0.717) is 17.2 Å². The van der Waals surface area contributed by atoms with E-state index in [0.717, 1.165) is 30.5 Å². The molecular formula is C18H23NO3. The second kappa shape index (κ2) is 6.13. The maximum Gasteiger partial charge on any atom is 0.336 e. The molecule has 1 aliphatic heterocycles. The van der Waals surface area contributed by atoms with Crippen molar-refractivity contribution in [1.29, 1.82) is 0 Å². The van der Waals surface area contributed by atoms with Gasteiger partial charge >= 0.3 is 5.63 Å². The number of phenols is 1. The first-order valence-corrected chi connectivity index (χ1v) is 8.09. The molecule has 1 N–H and O–H groups in total. The van der Waals surface area contributed by atoms with Crippen molar-refractivity contribution in [2.75, 3.05) is 6.54 Å². The van der Waals surface area contributed by atoms with E-state index < -0.39 is 0 Å². The Morgan fingerprint density at radius 3 is 2.95 bits per heavy atom. The maximum atomic E-state index is 11.9. The summed E-state index contributed by atoms with van der Waals surface area (Å²) in [6.45, 7) is 5.85. The zero-order valence-electron chi connectivity index (χ0n) is 13.3. The molecule has 0 bridgehead atoms. The van der Waals surface area contributed by atoms with Crippen molar-refractivity contribution in [1.82, 2.24) is 4.90 Å². The van der Waals surface area contributed by atoms with Crippen LogP contribution in [-0.2, 0) is 6.54 Å². The highest BCUT2D eigenvalue weighted by Gasteiger charge is 2.22. The van der Waals surface area contributed by atoms with Crippen molar-refractivity contribution < 1.29 is 9.52 Å². The lowest BCUT2D eigenvalue weighted by atomic mass is 9.98. The molecule has 0 amide bonds. The molecule has 0 saturated carbocycles. The summed E-state index contributed by atoms with van der Waals surface area (Å²) in [5, 5.41) is 10.8. The number of nitrogens with zero attached hydrogens (tertiary/aromatic N) is 1. The van der Waals surface area contributed by atoms with Crippen molar-refractivity contribution in [3.8, 4) is 5.75 Å². The van der Waals surface area contributed by atoms with E-state index in [2.05, 4.69) is 11.8 Å². The molecule has 0 radical (unpaired) electrons. The lowest BCUT2D eigenvalue weighted by molar-refractivity contribution is 0.136. The van der Waals surface area contributed by atoms with Crippen molar-refractivity contribution >= 4 is 11.0 Å². The van der Waals surface area contributed by atoms with E-state index in [1.54, 1.807) is 19.1 Å². The molecule has 0 unspecified atom stereocenters. The maximum absolute atomic E-state index is 11.9. The number of rotatable bonds is 3. The first-order valence-electron chi connectivity index (χ1n) is 8.09. The number of piperidine rings is 1. The van der Waals surface area contributed by atoms with Crippen LogP contribution < -0.4 is 5.63 Å². The van der Waals surface area contributed by atoms with Gasteiger partial charge in [-0.3, -0.25) is 4.90 Å². The van der Waals surface area contributed by atoms with Crippen LogP contribution in [-0.4, -0.2) is 22.6 Å². The Hall–Kier alpha value is -1.81. The van der Waals surface area contributed by atoms with E-state index in [9.17, 15) is 9.90 Å². The van der Waals surface area contributed by atoms with Crippen LogP contribution in [0.3, 0.4) is 0 Å². The van der Waals surface area contributed by atoms with Crippen molar-refractivity contribution in [2.45, 2.75) is 52.1 Å². The fourth-order valence-electron chi connectivity index (χ4n) is 3.50. The fraction of sp³-hybridized carbons (Fsp3) is 0.500. The Morgan fingerprint density at radius 2 is 2.18 bits per heavy atom. The lowest BCUT2D eigenvalue weighted by Crippen LogP contribution is -2.38. The largest absolute Gasteiger partial charge is 0.508 e. The summed E-state index contributed by atoms with van der Waals surface area (Å²) in [6, 6.07) is 5.71. The number of phenolic OH excluding ortho intramolecular Hbond substituents is 1. The fourth-order valence-corrected chi connectivity index (χ4v) is 3.50. The predicted molar refractivity (Wildman–Crippen MR) is 87.2 cm³/mol. The molecule has 4 heteroatoms. The zero-order valence-corrected chi connectivity index (χ0v) is 13.3. The van der Waals surface area contributed by atoms with Crippen LogP contribution in [0, 0.1) is 6.92 Å². The van der Waals surface area contributed by atoms with Gasteiger partial charge in [0.1, 0.15) is 11.3 Å². The highest BCUT2D eigenvalue weighted by atomic mass is 16.4. The van der Waals surface area contributed by atoms with Crippen LogP contribution in [0.2, 0.25) is 0 Å². The highest BCUT2D eigenvalue weighted by molar-refractivity contribution is 5.84.